The van der Waals surface area contributed by atoms with Gasteiger partial charge in [0.2, 0.25) is 11.8 Å². The molecule has 5 rings (SSSR count). The molecule has 0 spiro atoms. The number of nitrogens with zero attached hydrogens (tertiary/aromatic N) is 2. The summed E-state index contributed by atoms with van der Waals surface area (Å²) in [4.78, 5) is 30.0. The molecule has 0 bridgehead atoms. The van der Waals surface area contributed by atoms with Gasteiger partial charge in [0, 0.05) is 44.1 Å². The SMILES string of the molecule is CC1CN(Cc2cccc(NC(=O)C3C4CCCC43)c2Cl)CCN1C(=O)C1CCCC1. The molecule has 0 radical (unpaired) electrons. The Morgan fingerprint density at radius 3 is 2.52 bits per heavy atom. The number of carbonyl (C=O) groups excluding carboxylic acids is 2. The van der Waals surface area contributed by atoms with Crippen molar-refractivity contribution >= 4 is 29.1 Å². The molecule has 3 atom stereocenters. The number of carbonyl (C=O) groups is 2. The first-order chi connectivity index (χ1) is 15.0. The van der Waals surface area contributed by atoms with Crippen LogP contribution in [0.15, 0.2) is 18.2 Å². The first-order valence-corrected chi connectivity index (χ1v) is 12.5. The van der Waals surface area contributed by atoms with Gasteiger partial charge >= 0.3 is 0 Å². The highest BCUT2D eigenvalue weighted by molar-refractivity contribution is 6.34. The third-order valence-corrected chi connectivity index (χ3v) is 8.59. The van der Waals surface area contributed by atoms with Gasteiger partial charge in [0.25, 0.3) is 0 Å². The van der Waals surface area contributed by atoms with Gasteiger partial charge in [-0.1, -0.05) is 43.0 Å². The predicted molar refractivity (Wildman–Crippen MR) is 123 cm³/mol. The normalized spacial score (nSPS) is 31.0. The molecule has 2 amide bonds. The highest BCUT2D eigenvalue weighted by Crippen LogP contribution is 2.57. The van der Waals surface area contributed by atoms with E-state index in [-0.39, 0.29) is 23.8 Å². The van der Waals surface area contributed by atoms with E-state index in [1.807, 2.05) is 18.2 Å². The Morgan fingerprint density at radius 1 is 1.06 bits per heavy atom. The van der Waals surface area contributed by atoms with Gasteiger partial charge in [0.1, 0.15) is 0 Å². The maximum atomic E-state index is 12.9. The van der Waals surface area contributed by atoms with Crippen molar-refractivity contribution in [1.82, 2.24) is 9.80 Å². The molecule has 3 unspecified atom stereocenters. The van der Waals surface area contributed by atoms with Crippen LogP contribution in [-0.2, 0) is 16.1 Å². The molecule has 4 aliphatic rings. The first-order valence-electron chi connectivity index (χ1n) is 12.1. The van der Waals surface area contributed by atoms with Crippen LogP contribution in [-0.4, -0.2) is 47.3 Å². The fourth-order valence-corrected chi connectivity index (χ4v) is 6.61. The quantitative estimate of drug-likeness (QED) is 0.726. The molecule has 3 saturated carbocycles. The second-order valence-electron chi connectivity index (χ2n) is 10.1. The average Bonchev–Trinajstić information content (AvgIpc) is 3.14. The molecule has 1 aromatic carbocycles. The molecule has 5 nitrogen and oxygen atoms in total. The molecule has 3 aliphatic carbocycles. The molecule has 1 N–H and O–H groups in total. The Hall–Kier alpha value is -1.59. The number of anilines is 1. The standard InChI is InChI=1S/C25H34ClN3O2/c1-16-14-28(12-13-29(16)25(31)17-6-2-3-7-17)15-18-8-4-11-21(23(18)26)27-24(30)22-19-9-5-10-20(19)22/h4,8,11,16-17,19-20,22H,2-3,5-7,9-10,12-15H2,1H3,(H,27,30). The lowest BCUT2D eigenvalue weighted by atomic mass is 10.0. The summed E-state index contributed by atoms with van der Waals surface area (Å²) in [7, 11) is 0. The Bertz CT molecular complexity index is 843. The molecular weight excluding hydrogens is 410 g/mol. The van der Waals surface area contributed by atoms with Crippen molar-refractivity contribution in [1.29, 1.82) is 0 Å². The summed E-state index contributed by atoms with van der Waals surface area (Å²) in [5.41, 5.74) is 1.77. The van der Waals surface area contributed by atoms with Crippen molar-refractivity contribution in [2.24, 2.45) is 23.7 Å². The number of rotatable bonds is 5. The lowest BCUT2D eigenvalue weighted by Crippen LogP contribution is -2.54. The fourth-order valence-electron chi connectivity index (χ4n) is 6.38. The first kappa shape index (κ1) is 21.3. The molecule has 1 aliphatic heterocycles. The summed E-state index contributed by atoms with van der Waals surface area (Å²) in [6.45, 7) is 5.41. The van der Waals surface area contributed by atoms with E-state index in [9.17, 15) is 9.59 Å². The Kier molecular flexibility index (Phi) is 6.00. The Labute approximate surface area is 190 Å². The van der Waals surface area contributed by atoms with Crippen molar-refractivity contribution in [2.45, 2.75) is 64.5 Å². The van der Waals surface area contributed by atoms with E-state index < -0.39 is 0 Å². The van der Waals surface area contributed by atoms with Gasteiger partial charge in [0.15, 0.2) is 0 Å². The lowest BCUT2D eigenvalue weighted by molar-refractivity contribution is -0.140. The number of nitrogens with one attached hydrogen (secondary N) is 1. The summed E-state index contributed by atoms with van der Waals surface area (Å²) in [6, 6.07) is 6.15. The van der Waals surface area contributed by atoms with E-state index in [2.05, 4.69) is 22.0 Å². The van der Waals surface area contributed by atoms with Crippen LogP contribution >= 0.6 is 11.6 Å². The third kappa shape index (κ3) is 4.23. The number of amides is 2. The van der Waals surface area contributed by atoms with Crippen LogP contribution < -0.4 is 5.32 Å². The highest BCUT2D eigenvalue weighted by Gasteiger charge is 2.56. The summed E-state index contributed by atoms with van der Waals surface area (Å²) in [6.07, 6.45) is 8.17. The lowest BCUT2D eigenvalue weighted by Gasteiger charge is -2.41. The van der Waals surface area contributed by atoms with Crippen LogP contribution in [0.4, 0.5) is 5.69 Å². The van der Waals surface area contributed by atoms with Gasteiger partial charge in [0.05, 0.1) is 10.7 Å². The minimum Gasteiger partial charge on any atom is -0.337 e. The summed E-state index contributed by atoms with van der Waals surface area (Å²) in [5.74, 6) is 2.14. The number of hydrogen-bond donors (Lipinski definition) is 1. The molecule has 31 heavy (non-hydrogen) atoms. The predicted octanol–water partition coefficient (Wildman–Crippen LogP) is 4.55. The molecule has 1 saturated heterocycles. The van der Waals surface area contributed by atoms with Gasteiger partial charge in [-0.05, 0) is 56.1 Å². The van der Waals surface area contributed by atoms with Crippen molar-refractivity contribution in [2.75, 3.05) is 25.0 Å². The van der Waals surface area contributed by atoms with Crippen LogP contribution in [0.5, 0.6) is 0 Å². The smallest absolute Gasteiger partial charge is 0.228 e. The van der Waals surface area contributed by atoms with Gasteiger partial charge in [-0.15, -0.1) is 0 Å². The summed E-state index contributed by atoms with van der Waals surface area (Å²) in [5, 5.41) is 3.75. The van der Waals surface area contributed by atoms with E-state index in [1.165, 1.54) is 32.1 Å². The van der Waals surface area contributed by atoms with Crippen LogP contribution in [0.25, 0.3) is 0 Å². The zero-order chi connectivity index (χ0) is 21.5. The van der Waals surface area contributed by atoms with Crippen molar-refractivity contribution in [3.8, 4) is 0 Å². The number of halogens is 1. The summed E-state index contributed by atoms with van der Waals surface area (Å²) < 4.78 is 0. The van der Waals surface area contributed by atoms with Crippen molar-refractivity contribution in [3.63, 3.8) is 0 Å². The van der Waals surface area contributed by atoms with Crippen LogP contribution in [0.2, 0.25) is 5.02 Å². The van der Waals surface area contributed by atoms with E-state index in [0.717, 1.165) is 50.3 Å². The van der Waals surface area contributed by atoms with Crippen LogP contribution in [0.1, 0.15) is 57.4 Å². The molecule has 6 heteroatoms. The third-order valence-electron chi connectivity index (χ3n) is 8.14. The molecule has 0 aromatic heterocycles. The number of hydrogen-bond acceptors (Lipinski definition) is 3. The van der Waals surface area contributed by atoms with E-state index in [0.29, 0.717) is 22.8 Å². The molecule has 1 aromatic rings. The second kappa shape index (κ2) is 8.74. The second-order valence-corrected chi connectivity index (χ2v) is 10.5. The van der Waals surface area contributed by atoms with E-state index in [4.69, 9.17) is 11.6 Å². The average molecular weight is 444 g/mol. The zero-order valence-corrected chi connectivity index (χ0v) is 19.2. The molecule has 168 valence electrons. The highest BCUT2D eigenvalue weighted by atomic mass is 35.5. The van der Waals surface area contributed by atoms with Gasteiger partial charge < -0.3 is 10.2 Å². The minimum absolute atomic E-state index is 0.140. The topological polar surface area (TPSA) is 52.7 Å². The van der Waals surface area contributed by atoms with E-state index in [1.54, 1.807) is 0 Å². The number of benzene rings is 1. The van der Waals surface area contributed by atoms with Crippen LogP contribution in [0.3, 0.4) is 0 Å². The minimum atomic E-state index is 0.140. The van der Waals surface area contributed by atoms with Crippen LogP contribution in [0, 0.1) is 23.7 Å². The van der Waals surface area contributed by atoms with Gasteiger partial charge in [-0.2, -0.15) is 0 Å². The Morgan fingerprint density at radius 2 is 1.81 bits per heavy atom. The monoisotopic (exact) mass is 443 g/mol. The van der Waals surface area contributed by atoms with Crippen molar-refractivity contribution < 1.29 is 9.59 Å². The number of piperazine rings is 1. The number of fused-ring (bicyclic) bond motifs is 1. The fraction of sp³-hybridized carbons (Fsp3) is 0.680. The molecule has 1 heterocycles. The molecule has 4 fully saturated rings. The maximum Gasteiger partial charge on any atom is 0.228 e. The Balaban J connectivity index is 1.18. The van der Waals surface area contributed by atoms with Crippen molar-refractivity contribution in [3.05, 3.63) is 28.8 Å². The molecular formula is C25H34ClN3O2. The van der Waals surface area contributed by atoms with Gasteiger partial charge in [-0.3, -0.25) is 14.5 Å². The summed E-state index contributed by atoms with van der Waals surface area (Å²) >= 11 is 6.71. The largest absolute Gasteiger partial charge is 0.337 e. The zero-order valence-electron chi connectivity index (χ0n) is 18.5. The van der Waals surface area contributed by atoms with E-state index >= 15 is 0 Å². The van der Waals surface area contributed by atoms with Gasteiger partial charge in [-0.25, -0.2) is 0 Å². The maximum absolute atomic E-state index is 12.9.